The van der Waals surface area contributed by atoms with Crippen LogP contribution < -0.4 is 10.0 Å². The molecule has 1 atom stereocenters. The molecule has 2 N–H and O–H groups in total. The summed E-state index contributed by atoms with van der Waals surface area (Å²) in [5.74, 6) is -0.115. The topological polar surface area (TPSA) is 84.5 Å². The predicted molar refractivity (Wildman–Crippen MR) is 101 cm³/mol. The third-order valence-electron chi connectivity index (χ3n) is 3.70. The van der Waals surface area contributed by atoms with E-state index in [0.717, 1.165) is 5.56 Å². The molecule has 140 valence electrons. The zero-order valence-electron chi connectivity index (χ0n) is 14.9. The summed E-state index contributed by atoms with van der Waals surface area (Å²) in [7, 11) is -2.10. The molecule has 0 aliphatic heterocycles. The van der Waals surface area contributed by atoms with Crippen LogP contribution in [0.2, 0.25) is 0 Å². The number of nitrogens with one attached hydrogen (secondary N) is 2. The number of ether oxygens (including phenoxy) is 1. The average molecular weight is 376 g/mol. The highest BCUT2D eigenvalue weighted by atomic mass is 32.2. The molecule has 0 bridgehead atoms. The molecule has 0 heterocycles. The lowest BCUT2D eigenvalue weighted by Crippen LogP contribution is -2.35. The second-order valence-corrected chi connectivity index (χ2v) is 7.75. The Morgan fingerprint density at radius 3 is 2.35 bits per heavy atom. The molecule has 0 spiro atoms. The number of sulfonamides is 1. The summed E-state index contributed by atoms with van der Waals surface area (Å²) in [4.78, 5) is 12.2. The van der Waals surface area contributed by atoms with Crippen LogP contribution in [-0.2, 0) is 26.0 Å². The molecule has 0 saturated heterocycles. The smallest absolute Gasteiger partial charge is 0.240 e. The predicted octanol–water partition coefficient (Wildman–Crippen LogP) is 2.57. The lowest BCUT2D eigenvalue weighted by atomic mass is 10.1. The van der Waals surface area contributed by atoms with Gasteiger partial charge in [0, 0.05) is 25.3 Å². The Morgan fingerprint density at radius 1 is 1.08 bits per heavy atom. The summed E-state index contributed by atoms with van der Waals surface area (Å²) in [6.45, 7) is 2.01. The number of anilines is 1. The average Bonchev–Trinajstić information content (AvgIpc) is 2.61. The Bertz CT molecular complexity index is 805. The first kappa shape index (κ1) is 20.1. The SMILES string of the molecule is COCC(C)NS(=O)(=O)c1ccc(NC(=O)CCc2ccccc2)cc1. The number of benzene rings is 2. The maximum Gasteiger partial charge on any atom is 0.240 e. The van der Waals surface area contributed by atoms with Crippen molar-refractivity contribution in [2.45, 2.75) is 30.7 Å². The Kier molecular flexibility index (Phi) is 7.32. The number of hydrogen-bond acceptors (Lipinski definition) is 4. The van der Waals surface area contributed by atoms with Crippen LogP contribution in [0.5, 0.6) is 0 Å². The number of hydrogen-bond donors (Lipinski definition) is 2. The summed E-state index contributed by atoms with van der Waals surface area (Å²) in [5, 5.41) is 2.78. The van der Waals surface area contributed by atoms with E-state index in [2.05, 4.69) is 10.0 Å². The van der Waals surface area contributed by atoms with Gasteiger partial charge >= 0.3 is 0 Å². The first-order valence-electron chi connectivity index (χ1n) is 8.36. The molecule has 2 aromatic rings. The van der Waals surface area contributed by atoms with Crippen molar-refractivity contribution in [2.75, 3.05) is 19.0 Å². The van der Waals surface area contributed by atoms with Crippen LogP contribution in [-0.4, -0.2) is 34.1 Å². The highest BCUT2D eigenvalue weighted by Gasteiger charge is 2.17. The maximum absolute atomic E-state index is 12.3. The molecule has 26 heavy (non-hydrogen) atoms. The van der Waals surface area contributed by atoms with Crippen molar-refractivity contribution in [2.24, 2.45) is 0 Å². The van der Waals surface area contributed by atoms with Crippen LogP contribution in [0.1, 0.15) is 18.9 Å². The van der Waals surface area contributed by atoms with Gasteiger partial charge in [-0.3, -0.25) is 4.79 Å². The summed E-state index contributed by atoms with van der Waals surface area (Å²) < 4.78 is 32.0. The van der Waals surface area contributed by atoms with Gasteiger partial charge in [0.15, 0.2) is 0 Å². The molecular weight excluding hydrogens is 352 g/mol. The third kappa shape index (κ3) is 6.25. The van der Waals surface area contributed by atoms with Crippen molar-refractivity contribution in [1.82, 2.24) is 4.72 Å². The van der Waals surface area contributed by atoms with E-state index in [0.29, 0.717) is 18.5 Å². The Hall–Kier alpha value is -2.22. The number of carbonyl (C=O) groups is 1. The fourth-order valence-corrected chi connectivity index (χ4v) is 3.69. The monoisotopic (exact) mass is 376 g/mol. The van der Waals surface area contributed by atoms with E-state index in [1.54, 1.807) is 19.1 Å². The van der Waals surface area contributed by atoms with Gasteiger partial charge in [0.1, 0.15) is 0 Å². The van der Waals surface area contributed by atoms with E-state index >= 15 is 0 Å². The highest BCUT2D eigenvalue weighted by Crippen LogP contribution is 2.15. The molecule has 2 aromatic carbocycles. The van der Waals surface area contributed by atoms with Gasteiger partial charge in [0.2, 0.25) is 15.9 Å². The van der Waals surface area contributed by atoms with E-state index in [-0.39, 0.29) is 23.5 Å². The molecule has 0 fully saturated rings. The molecule has 7 heteroatoms. The van der Waals surface area contributed by atoms with Crippen molar-refractivity contribution in [3.63, 3.8) is 0 Å². The molecule has 0 aromatic heterocycles. The van der Waals surface area contributed by atoms with Gasteiger partial charge in [-0.1, -0.05) is 30.3 Å². The van der Waals surface area contributed by atoms with Crippen LogP contribution in [0.3, 0.4) is 0 Å². The molecular formula is C19H24N2O4S. The Labute approximate surface area is 154 Å². The normalized spacial score (nSPS) is 12.5. The van der Waals surface area contributed by atoms with E-state index in [4.69, 9.17) is 4.74 Å². The minimum atomic E-state index is -3.62. The quantitative estimate of drug-likeness (QED) is 0.704. The Balaban J connectivity index is 1.91. The molecule has 1 unspecified atom stereocenters. The van der Waals surface area contributed by atoms with Crippen molar-refractivity contribution >= 4 is 21.6 Å². The van der Waals surface area contributed by atoms with E-state index in [9.17, 15) is 13.2 Å². The Morgan fingerprint density at radius 2 is 1.73 bits per heavy atom. The van der Waals surface area contributed by atoms with Crippen LogP contribution in [0.4, 0.5) is 5.69 Å². The van der Waals surface area contributed by atoms with E-state index in [1.165, 1.54) is 19.2 Å². The van der Waals surface area contributed by atoms with E-state index in [1.807, 2.05) is 30.3 Å². The standard InChI is InChI=1S/C19H24N2O4S/c1-15(14-25-2)21-26(23,24)18-11-9-17(10-12-18)20-19(22)13-8-16-6-4-3-5-7-16/h3-7,9-12,15,21H,8,13-14H2,1-2H3,(H,20,22). The lowest BCUT2D eigenvalue weighted by Gasteiger charge is -2.13. The van der Waals surface area contributed by atoms with Crippen LogP contribution in [0.15, 0.2) is 59.5 Å². The first-order valence-corrected chi connectivity index (χ1v) is 9.84. The zero-order chi connectivity index (χ0) is 19.0. The largest absolute Gasteiger partial charge is 0.383 e. The van der Waals surface area contributed by atoms with Gasteiger partial charge in [-0.15, -0.1) is 0 Å². The van der Waals surface area contributed by atoms with Crippen LogP contribution in [0.25, 0.3) is 0 Å². The van der Waals surface area contributed by atoms with Crippen molar-refractivity contribution < 1.29 is 17.9 Å². The van der Waals surface area contributed by atoms with Crippen molar-refractivity contribution in [3.8, 4) is 0 Å². The fourth-order valence-electron chi connectivity index (χ4n) is 2.46. The number of methoxy groups -OCH3 is 1. The zero-order valence-corrected chi connectivity index (χ0v) is 15.8. The molecule has 2 rings (SSSR count). The van der Waals surface area contributed by atoms with Crippen LogP contribution in [0, 0.1) is 0 Å². The summed E-state index contributed by atoms with van der Waals surface area (Å²) in [5.41, 5.74) is 1.66. The van der Waals surface area contributed by atoms with Gasteiger partial charge in [0.25, 0.3) is 0 Å². The first-order chi connectivity index (χ1) is 12.4. The van der Waals surface area contributed by atoms with Gasteiger partial charge in [0.05, 0.1) is 11.5 Å². The summed E-state index contributed by atoms with van der Waals surface area (Å²) in [6.07, 6.45) is 1.01. The number of aryl methyl sites for hydroxylation is 1. The molecule has 1 amide bonds. The second-order valence-electron chi connectivity index (χ2n) is 6.04. The van der Waals surface area contributed by atoms with Gasteiger partial charge in [-0.2, -0.15) is 0 Å². The lowest BCUT2D eigenvalue weighted by molar-refractivity contribution is -0.116. The minimum absolute atomic E-state index is 0.115. The van der Waals surface area contributed by atoms with E-state index < -0.39 is 10.0 Å². The number of carbonyl (C=O) groups excluding carboxylic acids is 1. The molecule has 0 saturated carbocycles. The van der Waals surface area contributed by atoms with Crippen LogP contribution >= 0.6 is 0 Å². The second kappa shape index (κ2) is 9.47. The third-order valence-corrected chi connectivity index (χ3v) is 5.31. The number of amides is 1. The maximum atomic E-state index is 12.3. The molecule has 0 aliphatic carbocycles. The molecule has 0 radical (unpaired) electrons. The van der Waals surface area contributed by atoms with Crippen molar-refractivity contribution in [1.29, 1.82) is 0 Å². The van der Waals surface area contributed by atoms with Gasteiger partial charge in [-0.25, -0.2) is 13.1 Å². The number of rotatable bonds is 9. The summed E-state index contributed by atoms with van der Waals surface area (Å²) in [6, 6.07) is 15.5. The molecule has 0 aliphatic rings. The van der Waals surface area contributed by atoms with Gasteiger partial charge in [-0.05, 0) is 43.2 Å². The fraction of sp³-hybridized carbons (Fsp3) is 0.316. The highest BCUT2D eigenvalue weighted by molar-refractivity contribution is 7.89. The van der Waals surface area contributed by atoms with Crippen molar-refractivity contribution in [3.05, 3.63) is 60.2 Å². The minimum Gasteiger partial charge on any atom is -0.383 e. The summed E-state index contributed by atoms with van der Waals surface area (Å²) >= 11 is 0. The molecule has 6 nitrogen and oxygen atoms in total. The van der Waals surface area contributed by atoms with Gasteiger partial charge < -0.3 is 10.1 Å².